The number of nitrogen functional groups attached to an aromatic ring is 1. The maximum Gasteiger partial charge on any atom is 0.128 e. The largest absolute Gasteiger partial charge is 0.397 e. The molecule has 0 amide bonds. The van der Waals surface area contributed by atoms with E-state index in [0.29, 0.717) is 17.8 Å². The van der Waals surface area contributed by atoms with Crippen LogP contribution in [0.25, 0.3) is 0 Å². The lowest BCUT2D eigenvalue weighted by Gasteiger charge is -2.26. The monoisotopic (exact) mass is 235 g/mol. The molecule has 0 radical (unpaired) electrons. The molecule has 0 aromatic heterocycles. The van der Waals surface area contributed by atoms with Gasteiger partial charge in [-0.25, -0.2) is 4.39 Å². The van der Waals surface area contributed by atoms with Gasteiger partial charge in [0, 0.05) is 13.1 Å². The van der Waals surface area contributed by atoms with Gasteiger partial charge in [0.15, 0.2) is 0 Å². The Morgan fingerprint density at radius 3 is 2.71 bits per heavy atom. The predicted molar refractivity (Wildman–Crippen MR) is 68.2 cm³/mol. The second kappa shape index (κ2) is 5.53. The second-order valence-corrected chi connectivity index (χ2v) is 4.23. The lowest BCUT2D eigenvalue weighted by Crippen LogP contribution is -2.28. The van der Waals surface area contributed by atoms with Gasteiger partial charge in [-0.2, -0.15) is 5.26 Å². The molecule has 1 unspecified atom stereocenters. The minimum absolute atomic E-state index is 0.0836. The molecule has 17 heavy (non-hydrogen) atoms. The molecule has 0 bridgehead atoms. The van der Waals surface area contributed by atoms with Crippen molar-refractivity contribution in [3.05, 3.63) is 23.5 Å². The fourth-order valence-corrected chi connectivity index (χ4v) is 1.72. The van der Waals surface area contributed by atoms with E-state index < -0.39 is 0 Å². The van der Waals surface area contributed by atoms with Crippen LogP contribution in [0.15, 0.2) is 12.1 Å². The number of nitrogens with two attached hydrogens (primary N) is 1. The molecule has 3 nitrogen and oxygen atoms in total. The summed E-state index contributed by atoms with van der Waals surface area (Å²) in [6.07, 6.45) is 0. The van der Waals surface area contributed by atoms with Gasteiger partial charge in [0.05, 0.1) is 23.4 Å². The molecule has 0 saturated carbocycles. The van der Waals surface area contributed by atoms with Crippen LogP contribution in [0.1, 0.15) is 19.4 Å². The van der Waals surface area contributed by atoms with Crippen LogP contribution in [-0.4, -0.2) is 13.1 Å². The van der Waals surface area contributed by atoms with Crippen LogP contribution >= 0.6 is 0 Å². The number of aryl methyl sites for hydroxylation is 1. The Labute approximate surface area is 102 Å². The maximum absolute atomic E-state index is 13.3. The van der Waals surface area contributed by atoms with Crippen molar-refractivity contribution in [2.24, 2.45) is 5.92 Å². The average molecular weight is 235 g/mol. The van der Waals surface area contributed by atoms with Crippen LogP contribution in [0.2, 0.25) is 0 Å². The summed E-state index contributed by atoms with van der Waals surface area (Å²) in [5.74, 6) is -0.379. The molecule has 0 spiro atoms. The number of rotatable bonds is 4. The predicted octanol–water partition coefficient (Wildman–Crippen LogP) is 2.70. The van der Waals surface area contributed by atoms with E-state index in [4.69, 9.17) is 11.0 Å². The molecule has 0 heterocycles. The average Bonchev–Trinajstić information content (AvgIpc) is 2.30. The number of nitrogens with zero attached hydrogens (tertiary/aromatic N) is 2. The SMILES string of the molecule is CCN(CC(C)C#N)c1cc(C)c(F)cc1N. The molecule has 0 aliphatic rings. The molecule has 1 atom stereocenters. The highest BCUT2D eigenvalue weighted by molar-refractivity contribution is 5.68. The zero-order chi connectivity index (χ0) is 13.0. The summed E-state index contributed by atoms with van der Waals surface area (Å²) in [5, 5.41) is 8.83. The molecule has 0 fully saturated rings. The lowest BCUT2D eigenvalue weighted by molar-refractivity contribution is 0.618. The molecule has 1 aromatic rings. The summed E-state index contributed by atoms with van der Waals surface area (Å²) in [6, 6.07) is 5.26. The maximum atomic E-state index is 13.3. The highest BCUT2D eigenvalue weighted by atomic mass is 19.1. The van der Waals surface area contributed by atoms with Crippen molar-refractivity contribution in [3.63, 3.8) is 0 Å². The zero-order valence-corrected chi connectivity index (χ0v) is 10.5. The Morgan fingerprint density at radius 1 is 1.53 bits per heavy atom. The van der Waals surface area contributed by atoms with E-state index in [1.54, 1.807) is 13.0 Å². The van der Waals surface area contributed by atoms with Crippen LogP contribution in [0.4, 0.5) is 15.8 Å². The van der Waals surface area contributed by atoms with Gasteiger partial charge in [-0.1, -0.05) is 0 Å². The normalized spacial score (nSPS) is 11.9. The lowest BCUT2D eigenvalue weighted by atomic mass is 10.1. The molecule has 1 aromatic carbocycles. The van der Waals surface area contributed by atoms with E-state index in [-0.39, 0.29) is 11.7 Å². The van der Waals surface area contributed by atoms with E-state index in [2.05, 4.69) is 6.07 Å². The molecule has 0 aliphatic carbocycles. The van der Waals surface area contributed by atoms with Gasteiger partial charge in [-0.05, 0) is 38.5 Å². The van der Waals surface area contributed by atoms with E-state index in [0.717, 1.165) is 12.2 Å². The number of halogens is 1. The van der Waals surface area contributed by atoms with Crippen LogP contribution in [0.5, 0.6) is 0 Å². The van der Waals surface area contributed by atoms with Crippen molar-refractivity contribution in [1.29, 1.82) is 5.26 Å². The van der Waals surface area contributed by atoms with E-state index >= 15 is 0 Å². The van der Waals surface area contributed by atoms with Gasteiger partial charge in [0.25, 0.3) is 0 Å². The van der Waals surface area contributed by atoms with E-state index in [1.165, 1.54) is 6.07 Å². The van der Waals surface area contributed by atoms with E-state index in [9.17, 15) is 4.39 Å². The van der Waals surface area contributed by atoms with Crippen molar-refractivity contribution in [2.45, 2.75) is 20.8 Å². The summed E-state index contributed by atoms with van der Waals surface area (Å²) in [6.45, 7) is 6.89. The molecule has 92 valence electrons. The summed E-state index contributed by atoms with van der Waals surface area (Å²) in [7, 11) is 0. The Hall–Kier alpha value is -1.76. The number of benzene rings is 1. The Morgan fingerprint density at radius 2 is 2.18 bits per heavy atom. The van der Waals surface area contributed by atoms with Gasteiger partial charge in [-0.15, -0.1) is 0 Å². The standard InChI is InChI=1S/C13H18FN3/c1-4-17(8-9(2)7-15)13-5-10(3)11(14)6-12(13)16/h5-6,9H,4,8,16H2,1-3H3. The summed E-state index contributed by atoms with van der Waals surface area (Å²) < 4.78 is 13.3. The first kappa shape index (κ1) is 13.3. The number of anilines is 2. The topological polar surface area (TPSA) is 53.0 Å². The smallest absolute Gasteiger partial charge is 0.128 e. The Kier molecular flexibility index (Phi) is 4.33. The third-order valence-electron chi connectivity index (χ3n) is 2.74. The van der Waals surface area contributed by atoms with Gasteiger partial charge in [0.2, 0.25) is 0 Å². The third kappa shape index (κ3) is 3.10. The van der Waals surface area contributed by atoms with Gasteiger partial charge >= 0.3 is 0 Å². The Balaban J connectivity index is 3.04. The molecule has 1 rings (SSSR count). The number of hydrogen-bond acceptors (Lipinski definition) is 3. The van der Waals surface area contributed by atoms with Crippen molar-refractivity contribution < 1.29 is 4.39 Å². The first-order chi connectivity index (χ1) is 7.99. The zero-order valence-electron chi connectivity index (χ0n) is 10.5. The summed E-state index contributed by atoms with van der Waals surface area (Å²) >= 11 is 0. The minimum Gasteiger partial charge on any atom is -0.397 e. The first-order valence-electron chi connectivity index (χ1n) is 5.69. The summed E-state index contributed by atoms with van der Waals surface area (Å²) in [4.78, 5) is 2.00. The van der Waals surface area contributed by atoms with Crippen LogP contribution in [0, 0.1) is 30.0 Å². The highest BCUT2D eigenvalue weighted by Gasteiger charge is 2.13. The van der Waals surface area contributed by atoms with Crippen molar-refractivity contribution in [1.82, 2.24) is 0 Å². The summed E-state index contributed by atoms with van der Waals surface area (Å²) in [5.41, 5.74) is 7.60. The molecular formula is C13H18FN3. The molecular weight excluding hydrogens is 217 g/mol. The molecule has 4 heteroatoms. The highest BCUT2D eigenvalue weighted by Crippen LogP contribution is 2.27. The van der Waals surface area contributed by atoms with Crippen molar-refractivity contribution in [2.75, 3.05) is 23.7 Å². The quantitative estimate of drug-likeness (QED) is 0.816. The van der Waals surface area contributed by atoms with Gasteiger partial charge in [-0.3, -0.25) is 0 Å². The second-order valence-electron chi connectivity index (χ2n) is 4.23. The Bertz CT molecular complexity index is 437. The van der Waals surface area contributed by atoms with Crippen molar-refractivity contribution in [3.8, 4) is 6.07 Å². The molecule has 2 N–H and O–H groups in total. The number of nitriles is 1. The van der Waals surface area contributed by atoms with Crippen molar-refractivity contribution >= 4 is 11.4 Å². The van der Waals surface area contributed by atoms with Gasteiger partial charge < -0.3 is 10.6 Å². The van der Waals surface area contributed by atoms with Gasteiger partial charge in [0.1, 0.15) is 5.82 Å². The van der Waals surface area contributed by atoms with Crippen LogP contribution < -0.4 is 10.6 Å². The molecule has 0 aliphatic heterocycles. The fraction of sp³-hybridized carbons (Fsp3) is 0.462. The third-order valence-corrected chi connectivity index (χ3v) is 2.74. The van der Waals surface area contributed by atoms with Crippen LogP contribution in [0.3, 0.4) is 0 Å². The first-order valence-corrected chi connectivity index (χ1v) is 5.69. The van der Waals surface area contributed by atoms with Crippen LogP contribution in [-0.2, 0) is 0 Å². The molecule has 0 saturated heterocycles. The minimum atomic E-state index is -0.296. The van der Waals surface area contributed by atoms with E-state index in [1.807, 2.05) is 18.7 Å². The fourth-order valence-electron chi connectivity index (χ4n) is 1.72. The number of hydrogen-bond donors (Lipinski definition) is 1.